The van der Waals surface area contributed by atoms with Gasteiger partial charge in [-0.05, 0) is 43.5 Å². The molecular weight excluding hydrogens is 194 g/mol. The van der Waals surface area contributed by atoms with Crippen molar-refractivity contribution < 1.29 is 0 Å². The first-order valence-corrected chi connectivity index (χ1v) is 5.61. The Morgan fingerprint density at radius 1 is 1.29 bits per heavy atom. The summed E-state index contributed by atoms with van der Waals surface area (Å²) in [7, 11) is 0. The van der Waals surface area contributed by atoms with Crippen LogP contribution in [-0.2, 0) is 6.42 Å². The van der Waals surface area contributed by atoms with Crippen LogP contribution in [0, 0.1) is 0 Å². The van der Waals surface area contributed by atoms with Crippen LogP contribution in [0.3, 0.4) is 0 Å². The van der Waals surface area contributed by atoms with Gasteiger partial charge in [0.05, 0.1) is 0 Å². The Labute approximate surface area is 90.5 Å². The van der Waals surface area contributed by atoms with Gasteiger partial charge < -0.3 is 5.32 Å². The molecule has 1 aromatic rings. The highest BCUT2D eigenvalue weighted by Gasteiger charge is 2.41. The van der Waals surface area contributed by atoms with E-state index in [9.17, 15) is 0 Å². The predicted octanol–water partition coefficient (Wildman–Crippen LogP) is 3.02. The summed E-state index contributed by atoms with van der Waals surface area (Å²) in [5.74, 6) is 0. The van der Waals surface area contributed by atoms with E-state index in [-0.39, 0.29) is 0 Å². The Morgan fingerprint density at radius 2 is 1.93 bits per heavy atom. The van der Waals surface area contributed by atoms with Crippen LogP contribution in [0.4, 0.5) is 0 Å². The summed E-state index contributed by atoms with van der Waals surface area (Å²) in [6.07, 6.45) is 3.75. The van der Waals surface area contributed by atoms with Crippen molar-refractivity contribution in [1.82, 2.24) is 5.32 Å². The van der Waals surface area contributed by atoms with Crippen LogP contribution in [0.25, 0.3) is 0 Å². The van der Waals surface area contributed by atoms with Crippen LogP contribution in [-0.4, -0.2) is 12.1 Å². The third kappa shape index (κ3) is 2.28. The molecule has 14 heavy (non-hydrogen) atoms. The molecule has 0 aromatic heterocycles. The maximum atomic E-state index is 5.84. The van der Waals surface area contributed by atoms with Crippen LogP contribution in [0.1, 0.15) is 25.3 Å². The van der Waals surface area contributed by atoms with Crippen LogP contribution in [0.5, 0.6) is 0 Å². The SMILES string of the molecule is CCNC1(Cc2ccc(Cl)cc2)CC1. The smallest absolute Gasteiger partial charge is 0.0406 e. The highest BCUT2D eigenvalue weighted by atomic mass is 35.5. The van der Waals surface area contributed by atoms with Crippen molar-refractivity contribution >= 4 is 11.6 Å². The van der Waals surface area contributed by atoms with E-state index in [4.69, 9.17) is 11.6 Å². The molecule has 0 unspecified atom stereocenters. The largest absolute Gasteiger partial charge is 0.311 e. The van der Waals surface area contributed by atoms with Crippen LogP contribution in [0.15, 0.2) is 24.3 Å². The molecule has 1 aliphatic carbocycles. The van der Waals surface area contributed by atoms with Gasteiger partial charge in [0.2, 0.25) is 0 Å². The third-order valence-electron chi connectivity index (χ3n) is 2.86. The number of benzene rings is 1. The highest BCUT2D eigenvalue weighted by molar-refractivity contribution is 6.30. The molecule has 0 amide bonds. The van der Waals surface area contributed by atoms with Gasteiger partial charge in [-0.25, -0.2) is 0 Å². The lowest BCUT2D eigenvalue weighted by Crippen LogP contribution is -2.32. The Balaban J connectivity index is 2.00. The number of rotatable bonds is 4. The van der Waals surface area contributed by atoms with Gasteiger partial charge in [0.15, 0.2) is 0 Å². The van der Waals surface area contributed by atoms with Crippen molar-refractivity contribution in [1.29, 1.82) is 0 Å². The predicted molar refractivity (Wildman–Crippen MR) is 60.8 cm³/mol. The van der Waals surface area contributed by atoms with Crippen molar-refractivity contribution in [3.05, 3.63) is 34.9 Å². The summed E-state index contributed by atoms with van der Waals surface area (Å²) < 4.78 is 0. The second-order valence-corrected chi connectivity index (χ2v) is 4.55. The average molecular weight is 210 g/mol. The third-order valence-corrected chi connectivity index (χ3v) is 3.11. The summed E-state index contributed by atoms with van der Waals surface area (Å²) >= 11 is 5.84. The molecule has 1 N–H and O–H groups in total. The Bertz CT molecular complexity index is 301. The van der Waals surface area contributed by atoms with Crippen molar-refractivity contribution in [3.8, 4) is 0 Å². The molecule has 1 nitrogen and oxygen atoms in total. The molecule has 0 saturated heterocycles. The summed E-state index contributed by atoms with van der Waals surface area (Å²) in [6, 6.07) is 8.19. The monoisotopic (exact) mass is 209 g/mol. The minimum atomic E-state index is 0.405. The molecule has 1 aromatic carbocycles. The van der Waals surface area contributed by atoms with E-state index in [1.807, 2.05) is 12.1 Å². The normalized spacial score (nSPS) is 18.1. The molecule has 0 bridgehead atoms. The van der Waals surface area contributed by atoms with Gasteiger partial charge in [0.25, 0.3) is 0 Å². The Hall–Kier alpha value is -0.530. The van der Waals surface area contributed by atoms with E-state index in [1.165, 1.54) is 18.4 Å². The highest BCUT2D eigenvalue weighted by Crippen LogP contribution is 2.38. The van der Waals surface area contributed by atoms with E-state index in [2.05, 4.69) is 24.4 Å². The van der Waals surface area contributed by atoms with Crippen molar-refractivity contribution in [2.24, 2.45) is 0 Å². The molecule has 1 saturated carbocycles. The molecule has 1 aliphatic rings. The van der Waals surface area contributed by atoms with E-state index < -0.39 is 0 Å². The molecule has 0 aliphatic heterocycles. The minimum absolute atomic E-state index is 0.405. The number of hydrogen-bond donors (Lipinski definition) is 1. The summed E-state index contributed by atoms with van der Waals surface area (Å²) in [6.45, 7) is 3.23. The first-order valence-electron chi connectivity index (χ1n) is 5.24. The Kier molecular flexibility index (Phi) is 2.80. The first kappa shape index (κ1) is 10.0. The maximum Gasteiger partial charge on any atom is 0.0406 e. The molecule has 0 heterocycles. The number of likely N-dealkylation sites (N-methyl/N-ethyl adjacent to an activating group) is 1. The summed E-state index contributed by atoms with van der Waals surface area (Å²) in [5, 5.41) is 4.38. The van der Waals surface area contributed by atoms with Gasteiger partial charge in [-0.15, -0.1) is 0 Å². The standard InChI is InChI=1S/C12H16ClN/c1-2-14-12(7-8-12)9-10-3-5-11(13)6-4-10/h3-6,14H,2,7-9H2,1H3. The molecule has 1 fully saturated rings. The first-order chi connectivity index (χ1) is 6.74. The van der Waals surface area contributed by atoms with Gasteiger partial charge in [0.1, 0.15) is 0 Å². The van der Waals surface area contributed by atoms with Gasteiger partial charge in [-0.1, -0.05) is 30.7 Å². The summed E-state index contributed by atoms with van der Waals surface area (Å²) in [5.41, 5.74) is 1.79. The fourth-order valence-electron chi connectivity index (χ4n) is 1.93. The van der Waals surface area contributed by atoms with Crippen LogP contribution < -0.4 is 5.32 Å². The lowest BCUT2D eigenvalue weighted by atomic mass is 10.0. The number of nitrogens with one attached hydrogen (secondary N) is 1. The van der Waals surface area contributed by atoms with Gasteiger partial charge >= 0.3 is 0 Å². The quantitative estimate of drug-likeness (QED) is 0.804. The summed E-state index contributed by atoms with van der Waals surface area (Å²) in [4.78, 5) is 0. The van der Waals surface area contributed by atoms with E-state index in [1.54, 1.807) is 0 Å². The van der Waals surface area contributed by atoms with Gasteiger partial charge in [-0.2, -0.15) is 0 Å². The topological polar surface area (TPSA) is 12.0 Å². The van der Waals surface area contributed by atoms with Crippen LogP contribution in [0.2, 0.25) is 5.02 Å². The van der Waals surface area contributed by atoms with Gasteiger partial charge in [-0.3, -0.25) is 0 Å². The van der Waals surface area contributed by atoms with Gasteiger partial charge in [0, 0.05) is 10.6 Å². The fourth-order valence-corrected chi connectivity index (χ4v) is 2.06. The van der Waals surface area contributed by atoms with E-state index in [0.717, 1.165) is 18.0 Å². The maximum absolute atomic E-state index is 5.84. The second kappa shape index (κ2) is 3.92. The molecule has 2 rings (SSSR count). The van der Waals surface area contributed by atoms with Crippen LogP contribution >= 0.6 is 11.6 Å². The lowest BCUT2D eigenvalue weighted by molar-refractivity contribution is 0.511. The lowest BCUT2D eigenvalue weighted by Gasteiger charge is -2.15. The van der Waals surface area contributed by atoms with Crippen molar-refractivity contribution in [2.75, 3.05) is 6.54 Å². The van der Waals surface area contributed by atoms with E-state index in [0.29, 0.717) is 5.54 Å². The zero-order valence-corrected chi connectivity index (χ0v) is 9.27. The molecule has 0 spiro atoms. The number of halogens is 1. The molecule has 76 valence electrons. The molecule has 0 atom stereocenters. The second-order valence-electron chi connectivity index (χ2n) is 4.11. The molecular formula is C12H16ClN. The van der Waals surface area contributed by atoms with Crippen molar-refractivity contribution in [3.63, 3.8) is 0 Å². The molecule has 0 radical (unpaired) electrons. The van der Waals surface area contributed by atoms with E-state index >= 15 is 0 Å². The fraction of sp³-hybridized carbons (Fsp3) is 0.500. The Morgan fingerprint density at radius 3 is 2.43 bits per heavy atom. The van der Waals surface area contributed by atoms with Crippen molar-refractivity contribution in [2.45, 2.75) is 31.7 Å². The molecule has 2 heteroatoms. The minimum Gasteiger partial charge on any atom is -0.311 e. The number of hydrogen-bond acceptors (Lipinski definition) is 1. The average Bonchev–Trinajstić information content (AvgIpc) is 2.90. The zero-order valence-electron chi connectivity index (χ0n) is 8.52. The zero-order chi connectivity index (χ0) is 10.0.